The van der Waals surface area contributed by atoms with Crippen LogP contribution in [0.3, 0.4) is 0 Å². The van der Waals surface area contributed by atoms with Crippen molar-refractivity contribution < 1.29 is 19.1 Å². The van der Waals surface area contributed by atoms with Gasteiger partial charge in [-0.15, -0.1) is 0 Å². The lowest BCUT2D eigenvalue weighted by molar-refractivity contribution is -0.0288. The van der Waals surface area contributed by atoms with Crippen molar-refractivity contribution in [2.75, 3.05) is 0 Å². The Labute approximate surface area is 174 Å². The third-order valence-electron chi connectivity index (χ3n) is 5.25. The fraction of sp³-hybridized carbons (Fsp3) is 0.583. The van der Waals surface area contributed by atoms with Crippen molar-refractivity contribution >= 4 is 11.9 Å². The molecule has 2 rings (SSSR count). The molecule has 1 aliphatic rings. The van der Waals surface area contributed by atoms with E-state index in [2.05, 4.69) is 26.1 Å². The molecule has 0 radical (unpaired) electrons. The van der Waals surface area contributed by atoms with Crippen molar-refractivity contribution in [1.29, 1.82) is 0 Å². The Morgan fingerprint density at radius 1 is 1.14 bits per heavy atom. The highest BCUT2D eigenvalue weighted by Gasteiger charge is 2.35. The SMILES string of the molecule is CCC(CC)O[C@@H]1C=C(C(=O)c2ccccc2)C[C@H](NC(=O)OC(C)(C)C)[C@H]1C. The minimum Gasteiger partial charge on any atom is -0.444 e. The molecule has 0 aromatic heterocycles. The maximum absolute atomic E-state index is 13.1. The van der Waals surface area contributed by atoms with Crippen LogP contribution < -0.4 is 5.32 Å². The molecular weight excluding hydrogens is 366 g/mol. The summed E-state index contributed by atoms with van der Waals surface area (Å²) in [6.45, 7) is 11.7. The first-order chi connectivity index (χ1) is 13.6. The summed E-state index contributed by atoms with van der Waals surface area (Å²) in [5, 5.41) is 2.97. The lowest BCUT2D eigenvalue weighted by Gasteiger charge is -2.37. The van der Waals surface area contributed by atoms with E-state index in [0.29, 0.717) is 17.6 Å². The minimum atomic E-state index is -0.577. The summed E-state index contributed by atoms with van der Waals surface area (Å²) in [6, 6.07) is 8.99. The summed E-state index contributed by atoms with van der Waals surface area (Å²) in [4.78, 5) is 25.5. The monoisotopic (exact) mass is 401 g/mol. The Bertz CT molecular complexity index is 716. The number of benzene rings is 1. The maximum atomic E-state index is 13.1. The van der Waals surface area contributed by atoms with E-state index in [-0.39, 0.29) is 30.0 Å². The van der Waals surface area contributed by atoms with Crippen LogP contribution in [-0.4, -0.2) is 35.7 Å². The molecule has 1 amide bonds. The summed E-state index contributed by atoms with van der Waals surface area (Å²) in [5.41, 5.74) is 0.739. The molecule has 0 bridgehead atoms. The summed E-state index contributed by atoms with van der Waals surface area (Å²) >= 11 is 0. The molecule has 0 saturated carbocycles. The molecule has 0 heterocycles. The second-order valence-electron chi connectivity index (χ2n) is 8.74. The van der Waals surface area contributed by atoms with Crippen LogP contribution in [0, 0.1) is 5.92 Å². The smallest absolute Gasteiger partial charge is 0.407 e. The van der Waals surface area contributed by atoms with Crippen molar-refractivity contribution in [3.8, 4) is 0 Å². The van der Waals surface area contributed by atoms with E-state index in [0.717, 1.165) is 12.8 Å². The lowest BCUT2D eigenvalue weighted by Crippen LogP contribution is -2.48. The average molecular weight is 402 g/mol. The standard InChI is InChI=1S/C24H35NO4/c1-7-19(8-2)28-21-15-18(22(26)17-12-10-9-11-13-17)14-20(16(21)3)25-23(27)29-24(4,5)6/h9-13,15-16,19-21H,7-8,14H2,1-6H3,(H,25,27)/t16-,20+,21-/m1/s1. The van der Waals surface area contributed by atoms with Crippen LogP contribution >= 0.6 is 0 Å². The molecule has 5 heteroatoms. The summed E-state index contributed by atoms with van der Waals surface area (Å²) in [7, 11) is 0. The number of Topliss-reactive ketones (excluding diaryl/α,β-unsaturated/α-hetero) is 1. The topological polar surface area (TPSA) is 64.6 Å². The molecule has 1 N–H and O–H groups in total. The molecule has 0 spiro atoms. The molecule has 0 unspecified atom stereocenters. The van der Waals surface area contributed by atoms with Crippen molar-refractivity contribution in [1.82, 2.24) is 5.32 Å². The predicted octanol–water partition coefficient (Wildman–Crippen LogP) is 5.30. The van der Waals surface area contributed by atoms with E-state index in [4.69, 9.17) is 9.47 Å². The van der Waals surface area contributed by atoms with Crippen molar-refractivity contribution in [2.45, 2.75) is 84.7 Å². The van der Waals surface area contributed by atoms with Gasteiger partial charge < -0.3 is 14.8 Å². The zero-order valence-corrected chi connectivity index (χ0v) is 18.5. The van der Waals surface area contributed by atoms with Crippen molar-refractivity contribution in [2.24, 2.45) is 5.92 Å². The second-order valence-corrected chi connectivity index (χ2v) is 8.74. The third-order valence-corrected chi connectivity index (χ3v) is 5.25. The highest BCUT2D eigenvalue weighted by molar-refractivity contribution is 6.08. The maximum Gasteiger partial charge on any atom is 0.407 e. The number of ether oxygens (including phenoxy) is 2. The Morgan fingerprint density at radius 2 is 1.76 bits per heavy atom. The van der Waals surface area contributed by atoms with Gasteiger partial charge in [-0.1, -0.05) is 51.1 Å². The van der Waals surface area contributed by atoms with Crippen LogP contribution in [-0.2, 0) is 9.47 Å². The van der Waals surface area contributed by atoms with Gasteiger partial charge >= 0.3 is 6.09 Å². The third kappa shape index (κ3) is 6.70. The normalized spacial score (nSPS) is 22.2. The molecule has 0 aliphatic heterocycles. The number of ketones is 1. The molecule has 1 aromatic rings. The summed E-state index contributed by atoms with van der Waals surface area (Å²) in [6.07, 6.45) is 3.62. The van der Waals surface area contributed by atoms with Gasteiger partial charge in [0.25, 0.3) is 0 Å². The van der Waals surface area contributed by atoms with Gasteiger partial charge in [-0.05, 0) is 46.1 Å². The van der Waals surface area contributed by atoms with E-state index in [1.807, 2.05) is 57.2 Å². The highest BCUT2D eigenvalue weighted by atomic mass is 16.6. The highest BCUT2D eigenvalue weighted by Crippen LogP contribution is 2.30. The van der Waals surface area contributed by atoms with Crippen molar-refractivity contribution in [3.63, 3.8) is 0 Å². The van der Waals surface area contributed by atoms with Crippen LogP contribution in [0.25, 0.3) is 0 Å². The van der Waals surface area contributed by atoms with Crippen LogP contribution in [0.1, 0.15) is 71.2 Å². The van der Waals surface area contributed by atoms with Gasteiger partial charge in [-0.3, -0.25) is 4.79 Å². The quantitative estimate of drug-likeness (QED) is 0.630. The summed E-state index contributed by atoms with van der Waals surface area (Å²) in [5.74, 6) is 0.00192. The van der Waals surface area contributed by atoms with E-state index in [9.17, 15) is 9.59 Å². The Kier molecular flexibility index (Phi) is 8.03. The first kappa shape index (κ1) is 23.1. The van der Waals surface area contributed by atoms with E-state index >= 15 is 0 Å². The number of amides is 1. The molecule has 5 nitrogen and oxygen atoms in total. The Morgan fingerprint density at radius 3 is 2.31 bits per heavy atom. The van der Waals surface area contributed by atoms with Gasteiger partial charge in [0.1, 0.15) is 5.60 Å². The number of carbonyl (C=O) groups excluding carboxylic acids is 2. The largest absolute Gasteiger partial charge is 0.444 e. The van der Waals surface area contributed by atoms with Gasteiger partial charge in [0.15, 0.2) is 5.78 Å². The molecule has 1 aromatic carbocycles. The van der Waals surface area contributed by atoms with Gasteiger partial charge in [0, 0.05) is 23.1 Å². The second kappa shape index (κ2) is 10.1. The first-order valence-corrected chi connectivity index (χ1v) is 10.6. The van der Waals surface area contributed by atoms with Gasteiger partial charge in [-0.2, -0.15) is 0 Å². The van der Waals surface area contributed by atoms with Crippen LogP contribution in [0.15, 0.2) is 42.0 Å². The molecule has 29 heavy (non-hydrogen) atoms. The van der Waals surface area contributed by atoms with E-state index in [1.54, 1.807) is 0 Å². The number of hydrogen-bond acceptors (Lipinski definition) is 4. The van der Waals surface area contributed by atoms with Gasteiger partial charge in [-0.25, -0.2) is 4.79 Å². The predicted molar refractivity (Wildman–Crippen MR) is 115 cm³/mol. The average Bonchev–Trinajstić information content (AvgIpc) is 2.67. The van der Waals surface area contributed by atoms with E-state index in [1.165, 1.54) is 0 Å². The Hall–Kier alpha value is -2.14. The van der Waals surface area contributed by atoms with Crippen LogP contribution in [0.4, 0.5) is 4.79 Å². The number of carbonyl (C=O) groups is 2. The number of rotatable bonds is 7. The number of alkyl carbamates (subject to hydrolysis) is 1. The molecular formula is C24H35NO4. The first-order valence-electron chi connectivity index (χ1n) is 10.6. The molecule has 0 saturated heterocycles. The number of hydrogen-bond donors (Lipinski definition) is 1. The van der Waals surface area contributed by atoms with E-state index < -0.39 is 11.7 Å². The molecule has 0 fully saturated rings. The number of nitrogens with one attached hydrogen (secondary N) is 1. The van der Waals surface area contributed by atoms with Crippen LogP contribution in [0.5, 0.6) is 0 Å². The van der Waals surface area contributed by atoms with Crippen molar-refractivity contribution in [3.05, 3.63) is 47.5 Å². The van der Waals surface area contributed by atoms with Gasteiger partial charge in [0.2, 0.25) is 0 Å². The zero-order chi connectivity index (χ0) is 21.6. The molecule has 1 aliphatic carbocycles. The lowest BCUT2D eigenvalue weighted by atomic mass is 9.81. The molecule has 160 valence electrons. The zero-order valence-electron chi connectivity index (χ0n) is 18.5. The fourth-order valence-corrected chi connectivity index (χ4v) is 3.52. The minimum absolute atomic E-state index is 0.0216. The van der Waals surface area contributed by atoms with Crippen LogP contribution in [0.2, 0.25) is 0 Å². The Balaban J connectivity index is 2.26. The van der Waals surface area contributed by atoms with Gasteiger partial charge in [0.05, 0.1) is 12.2 Å². The summed E-state index contributed by atoms with van der Waals surface area (Å²) < 4.78 is 11.7. The fourth-order valence-electron chi connectivity index (χ4n) is 3.52. The molecule has 3 atom stereocenters.